The molecule has 0 spiro atoms. The maximum absolute atomic E-state index is 11.9. The summed E-state index contributed by atoms with van der Waals surface area (Å²) < 4.78 is 0. The van der Waals surface area contributed by atoms with Gasteiger partial charge in [-0.3, -0.25) is 9.69 Å². The Morgan fingerprint density at radius 1 is 1.29 bits per heavy atom. The summed E-state index contributed by atoms with van der Waals surface area (Å²) in [5.74, 6) is -0.647. The highest BCUT2D eigenvalue weighted by Crippen LogP contribution is 2.35. The normalized spacial score (nSPS) is 34.8. The number of rotatable bonds is 6. The van der Waals surface area contributed by atoms with Crippen molar-refractivity contribution in [3.63, 3.8) is 0 Å². The zero-order valence-electron chi connectivity index (χ0n) is 13.7. The minimum atomic E-state index is -0.686. The number of likely N-dealkylation sites (tertiary alicyclic amines) is 1. The van der Waals surface area contributed by atoms with Gasteiger partial charge in [-0.05, 0) is 64.5 Å². The van der Waals surface area contributed by atoms with E-state index in [2.05, 4.69) is 24.1 Å². The molecule has 4 heteroatoms. The molecule has 1 saturated carbocycles. The van der Waals surface area contributed by atoms with E-state index in [1.54, 1.807) is 0 Å². The first-order valence-corrected chi connectivity index (χ1v) is 8.87. The van der Waals surface area contributed by atoms with Crippen LogP contribution in [0.5, 0.6) is 0 Å². The fourth-order valence-electron chi connectivity index (χ4n) is 4.27. The molecule has 0 amide bonds. The molecule has 0 radical (unpaired) electrons. The third-order valence-electron chi connectivity index (χ3n) is 5.46. The smallest absolute Gasteiger partial charge is 0.323 e. The first-order chi connectivity index (χ1) is 10.1. The van der Waals surface area contributed by atoms with Gasteiger partial charge in [0.1, 0.15) is 5.54 Å². The summed E-state index contributed by atoms with van der Waals surface area (Å²) >= 11 is 0. The SMILES string of the molecule is CCCNC1(C(=O)O)CCCC(N2CCCCC2CC)C1. The summed E-state index contributed by atoms with van der Waals surface area (Å²) in [6, 6.07) is 1.11. The van der Waals surface area contributed by atoms with Gasteiger partial charge in [0.05, 0.1) is 0 Å². The maximum atomic E-state index is 11.9. The van der Waals surface area contributed by atoms with E-state index in [0.717, 1.165) is 38.8 Å². The molecular weight excluding hydrogens is 264 g/mol. The van der Waals surface area contributed by atoms with Crippen molar-refractivity contribution < 1.29 is 9.90 Å². The Kier molecular flexibility index (Phi) is 6.06. The molecule has 1 aliphatic heterocycles. The third-order valence-corrected chi connectivity index (χ3v) is 5.46. The van der Waals surface area contributed by atoms with Gasteiger partial charge >= 0.3 is 5.97 Å². The average Bonchev–Trinajstić information content (AvgIpc) is 2.53. The van der Waals surface area contributed by atoms with Crippen molar-refractivity contribution >= 4 is 5.97 Å². The first-order valence-electron chi connectivity index (χ1n) is 8.87. The Morgan fingerprint density at radius 3 is 2.76 bits per heavy atom. The van der Waals surface area contributed by atoms with Crippen molar-refractivity contribution in [2.75, 3.05) is 13.1 Å². The summed E-state index contributed by atoms with van der Waals surface area (Å²) in [4.78, 5) is 14.5. The van der Waals surface area contributed by atoms with Crippen LogP contribution in [-0.2, 0) is 4.79 Å². The Morgan fingerprint density at radius 2 is 2.10 bits per heavy atom. The molecule has 122 valence electrons. The number of aliphatic carboxylic acids is 1. The highest BCUT2D eigenvalue weighted by molar-refractivity contribution is 5.79. The quantitative estimate of drug-likeness (QED) is 0.791. The van der Waals surface area contributed by atoms with E-state index in [9.17, 15) is 9.90 Å². The molecule has 3 unspecified atom stereocenters. The molecule has 1 saturated heterocycles. The number of nitrogens with one attached hydrogen (secondary N) is 1. The Balaban J connectivity index is 2.08. The van der Waals surface area contributed by atoms with E-state index in [1.165, 1.54) is 32.1 Å². The van der Waals surface area contributed by atoms with Crippen molar-refractivity contribution in [3.8, 4) is 0 Å². The summed E-state index contributed by atoms with van der Waals surface area (Å²) in [7, 11) is 0. The van der Waals surface area contributed by atoms with Gasteiger partial charge in [-0.2, -0.15) is 0 Å². The van der Waals surface area contributed by atoms with Crippen LogP contribution in [0.1, 0.15) is 71.6 Å². The minimum absolute atomic E-state index is 0.449. The van der Waals surface area contributed by atoms with Crippen molar-refractivity contribution in [1.82, 2.24) is 10.2 Å². The molecule has 3 atom stereocenters. The second kappa shape index (κ2) is 7.59. The molecular formula is C17H32N2O2. The monoisotopic (exact) mass is 296 g/mol. The second-order valence-electron chi connectivity index (χ2n) is 6.86. The molecule has 0 aromatic carbocycles. The average molecular weight is 296 g/mol. The van der Waals surface area contributed by atoms with Crippen LogP contribution in [0.4, 0.5) is 0 Å². The lowest BCUT2D eigenvalue weighted by Gasteiger charge is -2.47. The fraction of sp³-hybridized carbons (Fsp3) is 0.941. The van der Waals surface area contributed by atoms with Gasteiger partial charge in [0.2, 0.25) is 0 Å². The number of nitrogens with zero attached hydrogens (tertiary/aromatic N) is 1. The van der Waals surface area contributed by atoms with Crippen LogP contribution in [0.2, 0.25) is 0 Å². The summed E-state index contributed by atoms with van der Waals surface area (Å²) in [5, 5.41) is 13.1. The van der Waals surface area contributed by atoms with E-state index < -0.39 is 11.5 Å². The van der Waals surface area contributed by atoms with E-state index >= 15 is 0 Å². The van der Waals surface area contributed by atoms with Crippen LogP contribution in [0.15, 0.2) is 0 Å². The lowest BCUT2D eigenvalue weighted by atomic mass is 9.77. The Hall–Kier alpha value is -0.610. The van der Waals surface area contributed by atoms with Gasteiger partial charge in [0.25, 0.3) is 0 Å². The number of piperidine rings is 1. The van der Waals surface area contributed by atoms with Gasteiger partial charge in [0, 0.05) is 12.1 Å². The highest BCUT2D eigenvalue weighted by Gasteiger charge is 2.44. The van der Waals surface area contributed by atoms with Gasteiger partial charge < -0.3 is 10.4 Å². The van der Waals surface area contributed by atoms with Crippen LogP contribution in [0.3, 0.4) is 0 Å². The number of carboxylic acids is 1. The van der Waals surface area contributed by atoms with Crippen molar-refractivity contribution in [2.45, 2.75) is 89.3 Å². The van der Waals surface area contributed by atoms with Crippen LogP contribution in [0.25, 0.3) is 0 Å². The molecule has 2 aliphatic rings. The van der Waals surface area contributed by atoms with E-state index in [-0.39, 0.29) is 0 Å². The van der Waals surface area contributed by atoms with Crippen LogP contribution < -0.4 is 5.32 Å². The lowest BCUT2D eigenvalue weighted by Crippen LogP contribution is -2.60. The molecule has 4 nitrogen and oxygen atoms in total. The molecule has 21 heavy (non-hydrogen) atoms. The predicted octanol–water partition coefficient (Wildman–Crippen LogP) is 3.02. The lowest BCUT2D eigenvalue weighted by molar-refractivity contribution is -0.148. The van der Waals surface area contributed by atoms with Gasteiger partial charge in [-0.1, -0.05) is 20.3 Å². The molecule has 1 aliphatic carbocycles. The number of carboxylic acid groups (broad SMARTS) is 1. The summed E-state index contributed by atoms with van der Waals surface area (Å²) in [6.45, 7) is 6.33. The molecule has 0 bridgehead atoms. The standard InChI is InChI=1S/C17H32N2O2/c1-3-11-18-17(16(20)21)10-7-9-15(13-17)19-12-6-5-8-14(19)4-2/h14-15,18H,3-13H2,1-2H3,(H,20,21). The highest BCUT2D eigenvalue weighted by atomic mass is 16.4. The van der Waals surface area contributed by atoms with Crippen molar-refractivity contribution in [1.29, 1.82) is 0 Å². The van der Waals surface area contributed by atoms with Crippen molar-refractivity contribution in [2.24, 2.45) is 0 Å². The number of hydrogen-bond acceptors (Lipinski definition) is 3. The van der Waals surface area contributed by atoms with Crippen LogP contribution in [-0.4, -0.2) is 46.7 Å². The van der Waals surface area contributed by atoms with Crippen LogP contribution in [0, 0.1) is 0 Å². The molecule has 2 N–H and O–H groups in total. The fourth-order valence-corrected chi connectivity index (χ4v) is 4.27. The predicted molar refractivity (Wildman–Crippen MR) is 85.6 cm³/mol. The number of hydrogen-bond donors (Lipinski definition) is 2. The molecule has 0 aromatic heterocycles. The van der Waals surface area contributed by atoms with Gasteiger partial charge in [-0.25, -0.2) is 0 Å². The number of carbonyl (C=O) groups is 1. The summed E-state index contributed by atoms with van der Waals surface area (Å²) in [5.41, 5.74) is -0.686. The molecule has 0 aromatic rings. The van der Waals surface area contributed by atoms with Crippen molar-refractivity contribution in [3.05, 3.63) is 0 Å². The van der Waals surface area contributed by atoms with E-state index in [1.807, 2.05) is 0 Å². The minimum Gasteiger partial charge on any atom is -0.480 e. The van der Waals surface area contributed by atoms with Gasteiger partial charge in [-0.15, -0.1) is 0 Å². The second-order valence-corrected chi connectivity index (χ2v) is 6.86. The molecule has 2 fully saturated rings. The Labute approximate surface area is 129 Å². The zero-order valence-corrected chi connectivity index (χ0v) is 13.7. The van der Waals surface area contributed by atoms with E-state index in [4.69, 9.17) is 0 Å². The molecule has 2 rings (SSSR count). The van der Waals surface area contributed by atoms with Gasteiger partial charge in [0.15, 0.2) is 0 Å². The summed E-state index contributed by atoms with van der Waals surface area (Å²) in [6.07, 6.45) is 9.83. The largest absolute Gasteiger partial charge is 0.480 e. The zero-order chi connectivity index (χ0) is 15.3. The Bertz CT molecular complexity index is 348. The topological polar surface area (TPSA) is 52.6 Å². The van der Waals surface area contributed by atoms with E-state index in [0.29, 0.717) is 12.1 Å². The third kappa shape index (κ3) is 3.78. The molecule has 1 heterocycles. The maximum Gasteiger partial charge on any atom is 0.323 e. The van der Waals surface area contributed by atoms with Crippen LogP contribution >= 0.6 is 0 Å². The first kappa shape index (κ1) is 16.8.